The zero-order valence-corrected chi connectivity index (χ0v) is 20.5. The van der Waals surface area contributed by atoms with Crippen molar-refractivity contribution in [2.75, 3.05) is 37.6 Å². The first-order valence-electron chi connectivity index (χ1n) is 12.1. The van der Waals surface area contributed by atoms with E-state index in [0.29, 0.717) is 44.4 Å². The van der Waals surface area contributed by atoms with Crippen LogP contribution in [0.2, 0.25) is 0 Å². The predicted molar refractivity (Wildman–Crippen MR) is 126 cm³/mol. The summed E-state index contributed by atoms with van der Waals surface area (Å²) >= 11 is 0. The van der Waals surface area contributed by atoms with Crippen LogP contribution in [0.25, 0.3) is 0 Å². The molecule has 0 bridgehead atoms. The number of aliphatic hydroxyl groups is 1. The zero-order valence-electron chi connectivity index (χ0n) is 20.5. The quantitative estimate of drug-likeness (QED) is 0.580. The van der Waals surface area contributed by atoms with Crippen LogP contribution < -0.4 is 10.2 Å². The second-order valence-corrected chi connectivity index (χ2v) is 9.81. The first kappa shape index (κ1) is 26.3. The van der Waals surface area contributed by atoms with Gasteiger partial charge in [-0.25, -0.2) is 14.4 Å². The molecule has 36 heavy (non-hydrogen) atoms. The number of piperazine rings is 1. The fourth-order valence-corrected chi connectivity index (χ4v) is 4.99. The number of alkyl halides is 3. The van der Waals surface area contributed by atoms with Crippen LogP contribution in [0.5, 0.6) is 0 Å². The Morgan fingerprint density at radius 2 is 1.89 bits per heavy atom. The summed E-state index contributed by atoms with van der Waals surface area (Å²) in [6.45, 7) is 7.77. The second-order valence-electron chi connectivity index (χ2n) is 9.81. The average Bonchev–Trinajstić information content (AvgIpc) is 3.12. The van der Waals surface area contributed by atoms with Gasteiger partial charge >= 0.3 is 6.18 Å². The summed E-state index contributed by atoms with van der Waals surface area (Å²) in [6.07, 6.45) is -3.38. The van der Waals surface area contributed by atoms with E-state index in [2.05, 4.69) is 20.2 Å². The summed E-state index contributed by atoms with van der Waals surface area (Å²) in [5.74, 6) is -1.60. The normalized spacial score (nSPS) is 21.1. The van der Waals surface area contributed by atoms with E-state index < -0.39 is 29.6 Å². The Kier molecular flexibility index (Phi) is 7.51. The number of fused-ring (bicyclic) bond motifs is 1. The number of aromatic nitrogens is 2. The van der Waals surface area contributed by atoms with E-state index in [1.165, 1.54) is 12.4 Å². The number of rotatable bonds is 6. The third kappa shape index (κ3) is 5.31. The van der Waals surface area contributed by atoms with Crippen molar-refractivity contribution in [3.8, 4) is 0 Å². The molecule has 1 aliphatic heterocycles. The van der Waals surface area contributed by atoms with E-state index in [4.69, 9.17) is 0 Å². The van der Waals surface area contributed by atoms with E-state index in [9.17, 15) is 27.5 Å². The van der Waals surface area contributed by atoms with Crippen LogP contribution in [0.1, 0.15) is 67.5 Å². The number of amides is 1. The zero-order chi connectivity index (χ0) is 26.2. The minimum Gasteiger partial charge on any atom is -0.387 e. The lowest BCUT2D eigenvalue weighted by atomic mass is 9.95. The van der Waals surface area contributed by atoms with Crippen molar-refractivity contribution in [2.24, 2.45) is 0 Å². The van der Waals surface area contributed by atoms with Crippen molar-refractivity contribution in [3.63, 3.8) is 0 Å². The second kappa shape index (κ2) is 10.3. The minimum absolute atomic E-state index is 0.0358. The van der Waals surface area contributed by atoms with Gasteiger partial charge in [0, 0.05) is 44.3 Å². The average molecular weight is 510 g/mol. The Hall–Kier alpha value is -2.79. The number of nitrogens with zero attached hydrogens (tertiary/aromatic N) is 4. The lowest BCUT2D eigenvalue weighted by Crippen LogP contribution is -2.51. The molecule has 0 radical (unpaired) electrons. The maximum absolute atomic E-state index is 14.3. The molecule has 2 heterocycles. The summed E-state index contributed by atoms with van der Waals surface area (Å²) in [7, 11) is 0. The Bertz CT molecular complexity index is 1100. The third-order valence-electron chi connectivity index (χ3n) is 6.90. The molecule has 1 saturated heterocycles. The van der Waals surface area contributed by atoms with E-state index in [-0.39, 0.29) is 30.0 Å². The van der Waals surface area contributed by atoms with Gasteiger partial charge < -0.3 is 20.2 Å². The van der Waals surface area contributed by atoms with Gasteiger partial charge in [0.05, 0.1) is 23.3 Å². The van der Waals surface area contributed by atoms with Crippen molar-refractivity contribution < 1.29 is 27.5 Å². The molecule has 2 aromatic rings. The summed E-state index contributed by atoms with van der Waals surface area (Å²) in [4.78, 5) is 25.9. The Morgan fingerprint density at radius 1 is 1.19 bits per heavy atom. The SMILES string of the molecule is CC(C)NCC(C(=O)N1CCN(c2ncnc3c2[C@H](C)C[C@@H]3O)CC1)c1ccc(C(F)(F)F)c(F)c1. The molecule has 196 valence electrons. The summed E-state index contributed by atoms with van der Waals surface area (Å²) < 4.78 is 53.4. The van der Waals surface area contributed by atoms with Gasteiger partial charge in [0.15, 0.2) is 0 Å². The van der Waals surface area contributed by atoms with Crippen molar-refractivity contribution in [1.29, 1.82) is 0 Å². The monoisotopic (exact) mass is 509 g/mol. The molecule has 11 heteroatoms. The smallest absolute Gasteiger partial charge is 0.387 e. The van der Waals surface area contributed by atoms with Crippen LogP contribution in [-0.2, 0) is 11.0 Å². The van der Waals surface area contributed by atoms with E-state index in [0.717, 1.165) is 17.4 Å². The van der Waals surface area contributed by atoms with Crippen LogP contribution in [0.4, 0.5) is 23.4 Å². The van der Waals surface area contributed by atoms with Crippen molar-refractivity contribution in [2.45, 2.75) is 57.3 Å². The Balaban J connectivity index is 1.51. The van der Waals surface area contributed by atoms with Crippen molar-refractivity contribution in [1.82, 2.24) is 20.2 Å². The lowest BCUT2D eigenvalue weighted by Gasteiger charge is -2.38. The van der Waals surface area contributed by atoms with Gasteiger partial charge in [-0.1, -0.05) is 26.8 Å². The Labute approximate surface area is 207 Å². The molecule has 2 aliphatic rings. The highest BCUT2D eigenvalue weighted by molar-refractivity contribution is 5.84. The molecule has 0 spiro atoms. The molecule has 1 aromatic carbocycles. The van der Waals surface area contributed by atoms with Crippen LogP contribution >= 0.6 is 0 Å². The van der Waals surface area contributed by atoms with Gasteiger partial charge in [-0.05, 0) is 30.0 Å². The molecule has 1 fully saturated rings. The van der Waals surface area contributed by atoms with Gasteiger partial charge in [0.2, 0.25) is 5.91 Å². The van der Waals surface area contributed by atoms with Gasteiger partial charge in [-0.15, -0.1) is 0 Å². The van der Waals surface area contributed by atoms with E-state index in [1.807, 2.05) is 20.8 Å². The van der Waals surface area contributed by atoms with Gasteiger partial charge in [0.25, 0.3) is 0 Å². The van der Waals surface area contributed by atoms with Crippen LogP contribution in [-0.4, -0.2) is 64.6 Å². The molecule has 2 N–H and O–H groups in total. The van der Waals surface area contributed by atoms with Crippen molar-refractivity contribution >= 4 is 11.7 Å². The molecule has 7 nitrogen and oxygen atoms in total. The number of hydrogen-bond acceptors (Lipinski definition) is 6. The number of carbonyl (C=O) groups is 1. The summed E-state index contributed by atoms with van der Waals surface area (Å²) in [5.41, 5.74) is 0.441. The Morgan fingerprint density at radius 3 is 2.50 bits per heavy atom. The molecule has 0 saturated carbocycles. The topological polar surface area (TPSA) is 81.6 Å². The fourth-order valence-electron chi connectivity index (χ4n) is 4.99. The standard InChI is InChI=1S/C25H31F4N5O2/c1-14(2)30-12-17(16-4-5-18(19(26)11-16)25(27,28)29)24(36)34-8-6-33(7-9-34)23-21-15(3)10-20(35)22(21)31-13-32-23/h4-5,11,13-15,17,20,30,35H,6-10,12H2,1-3H3/t15-,17?,20+/m1/s1. The number of halogens is 4. The van der Waals surface area contributed by atoms with Gasteiger partial charge in [-0.3, -0.25) is 4.79 Å². The van der Waals surface area contributed by atoms with E-state index >= 15 is 0 Å². The third-order valence-corrected chi connectivity index (χ3v) is 6.90. The maximum atomic E-state index is 14.3. The molecule has 1 unspecified atom stereocenters. The number of benzene rings is 1. The van der Waals surface area contributed by atoms with Crippen LogP contribution in [0.15, 0.2) is 24.5 Å². The highest BCUT2D eigenvalue weighted by atomic mass is 19.4. The lowest BCUT2D eigenvalue weighted by molar-refractivity contribution is -0.140. The first-order valence-corrected chi connectivity index (χ1v) is 12.1. The molecular formula is C25H31F4N5O2. The van der Waals surface area contributed by atoms with Crippen molar-refractivity contribution in [3.05, 3.63) is 52.7 Å². The highest BCUT2D eigenvalue weighted by Crippen LogP contribution is 2.43. The number of anilines is 1. The van der Waals surface area contributed by atoms with E-state index in [1.54, 1.807) is 4.90 Å². The fraction of sp³-hybridized carbons (Fsp3) is 0.560. The highest BCUT2D eigenvalue weighted by Gasteiger charge is 2.37. The largest absolute Gasteiger partial charge is 0.419 e. The van der Waals surface area contributed by atoms with Crippen LogP contribution in [0, 0.1) is 5.82 Å². The maximum Gasteiger partial charge on any atom is 0.419 e. The molecule has 4 rings (SSSR count). The minimum atomic E-state index is -4.80. The molecule has 1 aromatic heterocycles. The molecule has 1 amide bonds. The molecular weight excluding hydrogens is 478 g/mol. The first-order chi connectivity index (χ1) is 17.0. The van der Waals surface area contributed by atoms with Gasteiger partial charge in [0.1, 0.15) is 18.0 Å². The summed E-state index contributed by atoms with van der Waals surface area (Å²) in [5, 5.41) is 13.4. The summed E-state index contributed by atoms with van der Waals surface area (Å²) in [6, 6.07) is 2.74. The molecule has 3 atom stereocenters. The van der Waals surface area contributed by atoms with Gasteiger partial charge in [-0.2, -0.15) is 13.2 Å². The predicted octanol–water partition coefficient (Wildman–Crippen LogP) is 3.61. The molecule has 1 aliphatic carbocycles. The number of nitrogens with one attached hydrogen (secondary N) is 1. The number of carbonyl (C=O) groups excluding carboxylic acids is 1. The van der Waals surface area contributed by atoms with Crippen LogP contribution in [0.3, 0.4) is 0 Å². The number of hydrogen-bond donors (Lipinski definition) is 2. The number of aliphatic hydroxyl groups excluding tert-OH is 1.